The molecule has 17 heterocycles. The number of nitriles is 1. The molecule has 0 fully saturated rings. The average molecular weight is 1750 g/mol. The van der Waals surface area contributed by atoms with Gasteiger partial charge in [0.15, 0.2) is 0 Å². The molecule has 1 N–H and O–H groups in total. The third-order valence-electron chi connectivity index (χ3n) is 23.5. The molecule has 0 radical (unpaired) electrons. The van der Waals surface area contributed by atoms with Gasteiger partial charge in [0.2, 0.25) is 0 Å². The lowest BCUT2D eigenvalue weighted by Gasteiger charge is -2.20. The molecule has 2 unspecified atom stereocenters. The minimum atomic E-state index is -0.947. The maximum absolute atomic E-state index is 11.9. The number of esters is 1. The number of carbonyl (C=O) groups is 2. The van der Waals surface area contributed by atoms with E-state index < -0.39 is 5.97 Å². The van der Waals surface area contributed by atoms with Crippen LogP contribution in [0.2, 0.25) is 0 Å². The number of carboxylic acid groups (broad SMARTS) is 1. The Kier molecular flexibility index (Phi) is 24.4. The van der Waals surface area contributed by atoms with Crippen LogP contribution >= 0.6 is 0 Å². The summed E-state index contributed by atoms with van der Waals surface area (Å²) in [6.07, 6.45) is 21.1. The zero-order valence-electron chi connectivity index (χ0n) is 74.6. The lowest BCUT2D eigenvalue weighted by atomic mass is 10.0. The van der Waals surface area contributed by atoms with Crippen molar-refractivity contribution in [1.29, 1.82) is 5.26 Å². The van der Waals surface area contributed by atoms with Gasteiger partial charge in [0, 0.05) is 146 Å². The number of aromatic nitrogens is 17. The third kappa shape index (κ3) is 17.8. The number of benzene rings is 4. The van der Waals surface area contributed by atoms with Crippen LogP contribution in [0.25, 0.3) is 122 Å². The van der Waals surface area contributed by atoms with E-state index in [1.54, 1.807) is 36.5 Å². The van der Waals surface area contributed by atoms with Crippen molar-refractivity contribution in [2.75, 3.05) is 7.11 Å². The smallest absolute Gasteiger partial charge is 0.337 e. The fraction of sp³-hybridized carbons (Fsp3) is 0.140. The predicted molar refractivity (Wildman–Crippen MR) is 508 cm³/mol. The molecule has 0 aliphatic rings. The molecule has 0 saturated heterocycles. The molecule has 21 aromatic rings. The lowest BCUT2D eigenvalue weighted by molar-refractivity contribution is 0.0599. The Bertz CT molecular complexity index is 7720. The Morgan fingerprint density at radius 1 is 0.391 bits per heavy atom. The Labute approximate surface area is 764 Å². The van der Waals surface area contributed by atoms with Crippen LogP contribution in [0.3, 0.4) is 0 Å². The van der Waals surface area contributed by atoms with Crippen molar-refractivity contribution in [1.82, 2.24) is 83.8 Å². The molecule has 21 rings (SSSR count). The first-order chi connectivity index (χ1) is 64.7. The van der Waals surface area contributed by atoms with E-state index in [9.17, 15) is 20.0 Å². The summed E-state index contributed by atoms with van der Waals surface area (Å²) in [5.41, 5.74) is 33.1. The molecule has 0 aliphatic carbocycles. The van der Waals surface area contributed by atoms with Gasteiger partial charge in [-0.1, -0.05) is 130 Å². The van der Waals surface area contributed by atoms with Crippen molar-refractivity contribution >= 4 is 56.1 Å². The molecular formula is C107H88N18O8. The van der Waals surface area contributed by atoms with Gasteiger partial charge in [0.25, 0.3) is 0 Å². The standard InChI is InChI=1S/C30H22N6O.C27H24N4O3.C26H22N4O3.C24H20N4O/c1-19-28(20(2)37-35-19)23-14-27-29(34-17-23)25(22-11-12-24(15-31)33-16-22)18-36(27)30(21-8-4-3-5-9-21)26-10-6-7-13-32-26;1-16-6-5-7-22(29-16)14-31-15-23(19-8-10-20(11-9-19)27(32)33-4)26-24(31)12-21(13-28-26)25-17(2)30-34-18(25)3;1-15-5-4-6-21(28-15)13-30-14-22(18-7-9-19(10-8-18)26(31)32)25-23(30)11-20(12-27-25)24-16(2)29-33-17(24)3;1-16-23(17(2)29-27-16)19-14-22-20(26-15-19)11-13-28(22)24(18-8-4-3-5-9-18)21-10-6-7-12-25-21/h3-14,16-18,30H,1-2H3;5-13,15H,14H2,1-4H3;4-12,14H,13H2,1-3H3,(H,31,32);3-15,24H,1-2H3. The minimum Gasteiger partial charge on any atom is -0.478 e. The van der Waals surface area contributed by atoms with E-state index in [4.69, 9.17) is 47.7 Å². The number of carboxylic acids is 1. The summed E-state index contributed by atoms with van der Waals surface area (Å²) >= 11 is 0. The fourth-order valence-corrected chi connectivity index (χ4v) is 17.3. The summed E-state index contributed by atoms with van der Waals surface area (Å²) in [5, 5.41) is 34.9. The number of hydrogen-bond acceptors (Lipinski definition) is 21. The summed E-state index contributed by atoms with van der Waals surface area (Å²) in [5.74, 6) is 1.74. The number of aromatic carboxylic acids is 1. The van der Waals surface area contributed by atoms with Crippen molar-refractivity contribution in [3.63, 3.8) is 0 Å². The number of aryl methyl sites for hydroxylation is 10. The van der Waals surface area contributed by atoms with Crippen LogP contribution in [-0.2, 0) is 17.8 Å². The second-order valence-electron chi connectivity index (χ2n) is 32.4. The second-order valence-corrected chi connectivity index (χ2v) is 32.4. The van der Waals surface area contributed by atoms with Gasteiger partial charge < -0.3 is 46.2 Å². The molecule has 26 nitrogen and oxygen atoms in total. The van der Waals surface area contributed by atoms with Gasteiger partial charge in [-0.3, -0.25) is 39.9 Å². The Morgan fingerprint density at radius 2 is 0.789 bits per heavy atom. The highest BCUT2D eigenvalue weighted by Crippen LogP contribution is 2.42. The van der Waals surface area contributed by atoms with Gasteiger partial charge in [0.1, 0.15) is 46.9 Å². The summed E-state index contributed by atoms with van der Waals surface area (Å²) in [6, 6.07) is 75.0. The first-order valence-electron chi connectivity index (χ1n) is 43.0. The van der Waals surface area contributed by atoms with Gasteiger partial charge >= 0.3 is 11.9 Å². The SMILES string of the molecule is COC(=O)c1ccc(-c2cn(Cc3cccc(C)n3)c3cc(-c4c(C)noc4C)cnc23)cc1.Cc1cccc(Cn2cc(-c3ccc(C(=O)O)cc3)c3ncc(-c4c(C)noc4C)cc32)n1.Cc1noc(C)c1-c1cnc2c(-c3ccc(C#N)nc3)cn(C(c3ccccc3)c3ccccn3)c2c1.Cc1noc(C)c1-c1cnc2ccn(C(c3ccccc3)c3ccccn3)c2c1. The number of ether oxygens (including phenoxy) is 1. The molecule has 26 heteroatoms. The van der Waals surface area contributed by atoms with Crippen molar-refractivity contribution < 1.29 is 37.5 Å². The summed E-state index contributed by atoms with van der Waals surface area (Å²) in [6.45, 7) is 20.5. The summed E-state index contributed by atoms with van der Waals surface area (Å²) in [7, 11) is 1.38. The maximum Gasteiger partial charge on any atom is 0.337 e. The first-order valence-corrected chi connectivity index (χ1v) is 43.0. The molecule has 2 atom stereocenters. The van der Waals surface area contributed by atoms with Gasteiger partial charge in [-0.25, -0.2) is 14.6 Å². The van der Waals surface area contributed by atoms with Gasteiger partial charge in [-0.05, 0) is 207 Å². The van der Waals surface area contributed by atoms with E-state index in [1.165, 1.54) is 12.7 Å². The van der Waals surface area contributed by atoms with Crippen molar-refractivity contribution in [2.45, 2.75) is 94.4 Å². The van der Waals surface area contributed by atoms with Crippen molar-refractivity contribution in [3.8, 4) is 84.0 Å². The van der Waals surface area contributed by atoms with Gasteiger partial charge in [0.05, 0.1) is 121 Å². The summed E-state index contributed by atoms with van der Waals surface area (Å²) in [4.78, 5) is 65.4. The summed E-state index contributed by atoms with van der Waals surface area (Å²) < 4.78 is 35.1. The Hall–Kier alpha value is -17.3. The molecule has 17 aromatic heterocycles. The molecule has 654 valence electrons. The highest BCUT2D eigenvalue weighted by molar-refractivity contribution is 5.99. The van der Waals surface area contributed by atoms with Crippen LogP contribution in [0.5, 0.6) is 0 Å². The van der Waals surface area contributed by atoms with E-state index in [1.807, 2.05) is 234 Å². The molecule has 0 aliphatic heterocycles. The minimum absolute atomic E-state index is 0.0448. The van der Waals surface area contributed by atoms with Gasteiger partial charge in [-0.2, -0.15) is 5.26 Å². The number of pyridine rings is 9. The topological polar surface area (TPSA) is 327 Å². The van der Waals surface area contributed by atoms with E-state index in [-0.39, 0.29) is 23.6 Å². The maximum atomic E-state index is 11.9. The van der Waals surface area contributed by atoms with E-state index >= 15 is 0 Å². The molecule has 133 heavy (non-hydrogen) atoms. The molecule has 0 spiro atoms. The highest BCUT2D eigenvalue weighted by Gasteiger charge is 2.28. The number of nitrogens with zero attached hydrogens (tertiary/aromatic N) is 18. The van der Waals surface area contributed by atoms with Crippen molar-refractivity contribution in [3.05, 3.63) is 401 Å². The van der Waals surface area contributed by atoms with Crippen LogP contribution in [0.15, 0.2) is 311 Å². The zero-order valence-corrected chi connectivity index (χ0v) is 74.6. The number of rotatable bonds is 19. The van der Waals surface area contributed by atoms with Crippen LogP contribution in [0.4, 0.5) is 0 Å². The number of carbonyl (C=O) groups excluding carboxylic acids is 1. The largest absolute Gasteiger partial charge is 0.478 e. The quantitative estimate of drug-likeness (QED) is 0.0735. The normalized spacial score (nSPS) is 11.7. The number of hydrogen-bond donors (Lipinski definition) is 1. The predicted octanol–water partition coefficient (Wildman–Crippen LogP) is 22.6. The Balaban J connectivity index is 0.000000119. The molecule has 0 saturated carbocycles. The van der Waals surface area contributed by atoms with Crippen LogP contribution in [0.1, 0.15) is 130 Å². The molecule has 0 amide bonds. The zero-order chi connectivity index (χ0) is 92.1. The van der Waals surface area contributed by atoms with Crippen molar-refractivity contribution in [2.24, 2.45) is 0 Å². The van der Waals surface area contributed by atoms with Gasteiger partial charge in [-0.15, -0.1) is 0 Å². The lowest BCUT2D eigenvalue weighted by Crippen LogP contribution is -2.13. The van der Waals surface area contributed by atoms with Crippen LogP contribution in [0, 0.1) is 80.6 Å². The number of methoxy groups -OCH3 is 1. The average Bonchev–Trinajstić information content (AvgIpc) is 1.61. The van der Waals surface area contributed by atoms with E-state index in [0.29, 0.717) is 24.3 Å². The monoisotopic (exact) mass is 1750 g/mol. The first kappa shape index (κ1) is 86.4. The van der Waals surface area contributed by atoms with E-state index in [2.05, 4.69) is 156 Å². The second kappa shape index (κ2) is 37.5. The molecule has 4 aromatic carbocycles. The Morgan fingerprint density at radius 3 is 1.19 bits per heavy atom. The van der Waals surface area contributed by atoms with Crippen LogP contribution in [-0.4, -0.2) is 108 Å². The fourth-order valence-electron chi connectivity index (χ4n) is 17.3. The molecule has 0 bridgehead atoms. The third-order valence-corrected chi connectivity index (χ3v) is 23.5. The van der Waals surface area contributed by atoms with E-state index in [0.717, 1.165) is 208 Å². The number of fused-ring (bicyclic) bond motifs is 4. The van der Waals surface area contributed by atoms with Crippen LogP contribution < -0.4 is 0 Å². The highest BCUT2D eigenvalue weighted by atomic mass is 16.5. The molecular weight excluding hydrogens is 1670 g/mol.